The summed E-state index contributed by atoms with van der Waals surface area (Å²) < 4.78 is 0. The van der Waals surface area contributed by atoms with Crippen molar-refractivity contribution in [1.29, 1.82) is 5.41 Å². The third kappa shape index (κ3) is 8.76. The highest BCUT2D eigenvalue weighted by molar-refractivity contribution is 6.15. The number of rotatable bonds is 14. The van der Waals surface area contributed by atoms with Crippen LogP contribution in [0, 0.1) is 5.41 Å². The van der Waals surface area contributed by atoms with Gasteiger partial charge in [0, 0.05) is 41.6 Å². The summed E-state index contributed by atoms with van der Waals surface area (Å²) in [4.78, 5) is 4.73. The fourth-order valence-electron chi connectivity index (χ4n) is 3.64. The molecule has 0 amide bonds. The van der Waals surface area contributed by atoms with E-state index in [0.29, 0.717) is 11.4 Å². The van der Waals surface area contributed by atoms with E-state index in [9.17, 15) is 0 Å². The van der Waals surface area contributed by atoms with E-state index in [2.05, 4.69) is 49.6 Å². The van der Waals surface area contributed by atoms with Crippen molar-refractivity contribution < 1.29 is 0 Å². The number of aryl methyl sites for hydroxylation is 2. The highest BCUT2D eigenvalue weighted by atomic mass is 14.9. The predicted octanol–water partition coefficient (Wildman–Crippen LogP) is 7.32. The van der Waals surface area contributed by atoms with E-state index < -0.39 is 0 Å². The minimum absolute atomic E-state index is 0.615. The first-order valence-electron chi connectivity index (χ1n) is 12.3. The van der Waals surface area contributed by atoms with Gasteiger partial charge < -0.3 is 21.8 Å². The maximum absolute atomic E-state index is 7.79. The summed E-state index contributed by atoms with van der Waals surface area (Å²) in [7, 11) is 0. The van der Waals surface area contributed by atoms with Gasteiger partial charge in [-0.05, 0) is 67.6 Å². The first-order chi connectivity index (χ1) is 16.0. The van der Waals surface area contributed by atoms with Crippen LogP contribution in [-0.2, 0) is 12.8 Å². The molecule has 0 bridgehead atoms. The summed E-state index contributed by atoms with van der Waals surface area (Å²) in [5, 5.41) is 14.6. The molecule has 5 heteroatoms. The number of benzene rings is 2. The average Bonchev–Trinajstić information content (AvgIpc) is 2.82. The van der Waals surface area contributed by atoms with Crippen LogP contribution in [0.4, 0.5) is 22.7 Å². The maximum Gasteiger partial charge on any atom is 0.0883 e. The lowest BCUT2D eigenvalue weighted by Gasteiger charge is -2.12. The monoisotopic (exact) mass is 447 g/mol. The first-order valence-corrected chi connectivity index (χ1v) is 12.3. The van der Waals surface area contributed by atoms with Gasteiger partial charge in [-0.3, -0.25) is 4.99 Å². The van der Waals surface area contributed by atoms with E-state index in [1.54, 1.807) is 0 Å². The average molecular weight is 448 g/mol. The molecular formula is C28H41N5. The molecule has 0 aliphatic heterocycles. The Morgan fingerprint density at radius 3 is 2.27 bits per heavy atom. The Bertz CT molecular complexity index is 937. The van der Waals surface area contributed by atoms with Crippen molar-refractivity contribution in [2.45, 2.75) is 72.6 Å². The van der Waals surface area contributed by atoms with E-state index >= 15 is 0 Å². The lowest BCUT2D eigenvalue weighted by Crippen LogP contribution is -2.11. The van der Waals surface area contributed by atoms with Gasteiger partial charge in [0.05, 0.1) is 11.4 Å². The van der Waals surface area contributed by atoms with Crippen LogP contribution in [0.5, 0.6) is 0 Å². The topological polar surface area (TPSA) is 86.3 Å². The van der Waals surface area contributed by atoms with E-state index in [1.165, 1.54) is 43.0 Å². The predicted molar refractivity (Wildman–Crippen MR) is 146 cm³/mol. The second-order valence-electron chi connectivity index (χ2n) is 8.45. The molecule has 5 N–H and O–H groups in total. The second-order valence-corrected chi connectivity index (χ2v) is 8.45. The normalized spacial score (nSPS) is 12.0. The van der Waals surface area contributed by atoms with E-state index in [1.807, 2.05) is 31.3 Å². The van der Waals surface area contributed by atoms with Gasteiger partial charge in [0.25, 0.3) is 0 Å². The number of hydrogen-bond donors (Lipinski definition) is 4. The first kappa shape index (κ1) is 26.2. The Kier molecular flexibility index (Phi) is 11.2. The molecule has 0 heterocycles. The highest BCUT2D eigenvalue weighted by Gasteiger charge is 2.06. The molecule has 33 heavy (non-hydrogen) atoms. The van der Waals surface area contributed by atoms with Crippen molar-refractivity contribution in [3.8, 4) is 0 Å². The van der Waals surface area contributed by atoms with Crippen LogP contribution in [0.15, 0.2) is 53.2 Å². The quantitative estimate of drug-likeness (QED) is 0.139. The SMILES string of the molecule is CCCCCCCN/C=C(C=N)/C(C)=N/c1cc(Nc2cc(CC)cc(CC)c2)ccc1N. The summed E-state index contributed by atoms with van der Waals surface area (Å²) in [5.74, 6) is 0. The lowest BCUT2D eigenvalue weighted by molar-refractivity contribution is 0.618. The van der Waals surface area contributed by atoms with Gasteiger partial charge >= 0.3 is 0 Å². The molecule has 0 aromatic heterocycles. The van der Waals surface area contributed by atoms with Gasteiger partial charge in [0.15, 0.2) is 0 Å². The van der Waals surface area contributed by atoms with Crippen LogP contribution >= 0.6 is 0 Å². The lowest BCUT2D eigenvalue weighted by atomic mass is 10.1. The molecule has 178 valence electrons. The van der Waals surface area contributed by atoms with E-state index in [-0.39, 0.29) is 0 Å². The largest absolute Gasteiger partial charge is 0.397 e. The molecule has 0 radical (unpaired) electrons. The number of aliphatic imine (C=N–C) groups is 1. The Balaban J connectivity index is 2.12. The Labute approximate surface area is 200 Å². The van der Waals surface area contributed by atoms with Crippen LogP contribution in [0.2, 0.25) is 0 Å². The number of allylic oxidation sites excluding steroid dienone is 1. The van der Waals surface area contributed by atoms with Crippen LogP contribution < -0.4 is 16.4 Å². The number of nitrogens with one attached hydrogen (secondary N) is 3. The maximum atomic E-state index is 7.79. The summed E-state index contributed by atoms with van der Waals surface area (Å²) in [6, 6.07) is 12.5. The minimum Gasteiger partial charge on any atom is -0.397 e. The highest BCUT2D eigenvalue weighted by Crippen LogP contribution is 2.29. The van der Waals surface area contributed by atoms with Crippen LogP contribution in [0.25, 0.3) is 0 Å². The van der Waals surface area contributed by atoms with Gasteiger partial charge in [-0.15, -0.1) is 0 Å². The number of anilines is 3. The summed E-state index contributed by atoms with van der Waals surface area (Å²) in [5.41, 5.74) is 13.7. The Morgan fingerprint density at radius 2 is 1.64 bits per heavy atom. The van der Waals surface area contributed by atoms with Crippen molar-refractivity contribution >= 4 is 34.7 Å². The molecule has 0 spiro atoms. The van der Waals surface area contributed by atoms with Crippen molar-refractivity contribution in [3.05, 3.63) is 59.3 Å². The number of nitrogens with two attached hydrogens (primary N) is 1. The molecule has 0 aliphatic carbocycles. The fourth-order valence-corrected chi connectivity index (χ4v) is 3.64. The summed E-state index contributed by atoms with van der Waals surface area (Å²) in [6.07, 6.45) is 11.4. The molecule has 0 unspecified atom stereocenters. The molecule has 0 saturated carbocycles. The third-order valence-electron chi connectivity index (χ3n) is 5.73. The molecule has 0 saturated heterocycles. The Morgan fingerprint density at radius 1 is 0.939 bits per heavy atom. The number of nitrogen functional groups attached to an aromatic ring is 1. The fraction of sp³-hybridized carbons (Fsp3) is 0.429. The van der Waals surface area contributed by atoms with Gasteiger partial charge in [0.1, 0.15) is 0 Å². The van der Waals surface area contributed by atoms with Crippen molar-refractivity contribution in [2.75, 3.05) is 17.6 Å². The molecular weight excluding hydrogens is 406 g/mol. The van der Waals surface area contributed by atoms with Crippen molar-refractivity contribution in [2.24, 2.45) is 4.99 Å². The zero-order valence-electron chi connectivity index (χ0n) is 20.8. The van der Waals surface area contributed by atoms with E-state index in [4.69, 9.17) is 16.1 Å². The molecule has 2 rings (SSSR count). The summed E-state index contributed by atoms with van der Waals surface area (Å²) >= 11 is 0. The molecule has 2 aromatic rings. The van der Waals surface area contributed by atoms with Gasteiger partial charge in [-0.2, -0.15) is 0 Å². The minimum atomic E-state index is 0.615. The zero-order chi connectivity index (χ0) is 24.1. The number of unbranched alkanes of at least 4 members (excludes halogenated alkanes) is 4. The van der Waals surface area contributed by atoms with Gasteiger partial charge in [-0.1, -0.05) is 52.5 Å². The van der Waals surface area contributed by atoms with Gasteiger partial charge in [0.2, 0.25) is 0 Å². The smallest absolute Gasteiger partial charge is 0.0883 e. The van der Waals surface area contributed by atoms with Crippen LogP contribution in [0.3, 0.4) is 0 Å². The molecule has 0 atom stereocenters. The van der Waals surface area contributed by atoms with Crippen LogP contribution in [0.1, 0.15) is 70.9 Å². The second kappa shape index (κ2) is 14.1. The van der Waals surface area contributed by atoms with E-state index in [0.717, 1.165) is 48.5 Å². The summed E-state index contributed by atoms with van der Waals surface area (Å²) in [6.45, 7) is 9.40. The standard InChI is InChI=1S/C28H41N5/c1-5-8-9-10-11-14-31-20-24(19-29)21(4)32-28-18-25(12-13-27(28)30)33-26-16-22(6-2)15-23(7-3)17-26/h12-13,15-20,29,31,33H,5-11,14,30H2,1-4H3/b24-20+,29-19?,32-21+. The molecule has 0 fully saturated rings. The molecule has 2 aromatic carbocycles. The van der Waals surface area contributed by atoms with Gasteiger partial charge in [-0.25, -0.2) is 0 Å². The Hall–Kier alpha value is -3.08. The molecule has 0 aliphatic rings. The number of nitrogens with zero attached hydrogens (tertiary/aromatic N) is 1. The number of hydrogen-bond acceptors (Lipinski definition) is 5. The zero-order valence-corrected chi connectivity index (χ0v) is 20.8. The van der Waals surface area contributed by atoms with Crippen LogP contribution in [-0.4, -0.2) is 18.5 Å². The van der Waals surface area contributed by atoms with Crippen molar-refractivity contribution in [3.63, 3.8) is 0 Å². The molecule has 5 nitrogen and oxygen atoms in total. The third-order valence-corrected chi connectivity index (χ3v) is 5.73. The van der Waals surface area contributed by atoms with Crippen molar-refractivity contribution in [1.82, 2.24) is 5.32 Å².